The van der Waals surface area contributed by atoms with E-state index in [9.17, 15) is 19.2 Å². The number of Topliss-reactive ketones (excluding diaryl/α,β-unsaturated/α-hetero) is 1. The second-order valence-electron chi connectivity index (χ2n) is 5.27. The molecular formula is C15H16N2O4. The van der Waals surface area contributed by atoms with Gasteiger partial charge in [-0.25, -0.2) is 9.69 Å². The molecule has 110 valence electrons. The van der Waals surface area contributed by atoms with Crippen molar-refractivity contribution < 1.29 is 19.2 Å². The molecule has 1 heterocycles. The zero-order chi connectivity index (χ0) is 15.6. The summed E-state index contributed by atoms with van der Waals surface area (Å²) in [6, 6.07) is 7.62. The highest BCUT2D eigenvalue weighted by atomic mass is 16.2. The summed E-state index contributed by atoms with van der Waals surface area (Å²) in [5, 5.41) is 0. The minimum atomic E-state index is -0.940. The normalized spacial score (nSPS) is 15.3. The van der Waals surface area contributed by atoms with Crippen LogP contribution in [0.4, 0.5) is 4.79 Å². The molecule has 1 fully saturated rings. The van der Waals surface area contributed by atoms with Crippen molar-refractivity contribution in [2.24, 2.45) is 5.92 Å². The number of amides is 4. The van der Waals surface area contributed by atoms with Crippen LogP contribution < -0.4 is 0 Å². The van der Waals surface area contributed by atoms with Crippen molar-refractivity contribution >= 4 is 23.6 Å². The lowest BCUT2D eigenvalue weighted by molar-refractivity contribution is -0.143. The number of hydrogen-bond donors (Lipinski definition) is 0. The van der Waals surface area contributed by atoms with Gasteiger partial charge < -0.3 is 0 Å². The Morgan fingerprint density at radius 2 is 1.57 bits per heavy atom. The number of benzene rings is 1. The molecular weight excluding hydrogens is 272 g/mol. The number of rotatable bonds is 5. The Morgan fingerprint density at radius 1 is 1.00 bits per heavy atom. The summed E-state index contributed by atoms with van der Waals surface area (Å²) in [6.45, 7) is 3.42. The summed E-state index contributed by atoms with van der Waals surface area (Å²) in [7, 11) is 0. The van der Waals surface area contributed by atoms with Crippen LogP contribution in [0.1, 0.15) is 24.2 Å². The van der Waals surface area contributed by atoms with Gasteiger partial charge in [0.1, 0.15) is 0 Å². The zero-order valence-corrected chi connectivity index (χ0v) is 11.9. The van der Waals surface area contributed by atoms with Gasteiger partial charge in [-0.05, 0) is 5.92 Å². The summed E-state index contributed by atoms with van der Waals surface area (Å²) >= 11 is 0. The molecule has 1 aromatic rings. The predicted octanol–water partition coefficient (Wildman–Crippen LogP) is 1.32. The zero-order valence-electron chi connectivity index (χ0n) is 11.9. The van der Waals surface area contributed by atoms with Gasteiger partial charge in [0.05, 0.1) is 6.54 Å². The first kappa shape index (κ1) is 14.9. The highest BCUT2D eigenvalue weighted by Crippen LogP contribution is 2.15. The minimum Gasteiger partial charge on any atom is -0.292 e. The predicted molar refractivity (Wildman–Crippen MR) is 74.4 cm³/mol. The highest BCUT2D eigenvalue weighted by molar-refractivity contribution is 6.45. The number of carbonyl (C=O) groups excluding carboxylic acids is 4. The molecule has 6 nitrogen and oxygen atoms in total. The van der Waals surface area contributed by atoms with E-state index in [2.05, 4.69) is 0 Å². The molecule has 2 rings (SSSR count). The highest BCUT2D eigenvalue weighted by Gasteiger charge is 2.45. The molecule has 1 aliphatic rings. The van der Waals surface area contributed by atoms with E-state index in [1.807, 2.05) is 13.8 Å². The molecule has 1 saturated heterocycles. The van der Waals surface area contributed by atoms with E-state index >= 15 is 0 Å². The van der Waals surface area contributed by atoms with Crippen molar-refractivity contribution in [2.75, 3.05) is 13.1 Å². The van der Waals surface area contributed by atoms with Gasteiger partial charge >= 0.3 is 17.8 Å². The maximum Gasteiger partial charge on any atom is 0.334 e. The topological polar surface area (TPSA) is 74.8 Å². The molecule has 0 aromatic heterocycles. The molecule has 1 aromatic carbocycles. The molecule has 0 saturated carbocycles. The Hall–Kier alpha value is -2.50. The van der Waals surface area contributed by atoms with Crippen LogP contribution in [0.2, 0.25) is 0 Å². The average molecular weight is 288 g/mol. The molecule has 21 heavy (non-hydrogen) atoms. The molecule has 0 atom stereocenters. The number of imide groups is 2. The third kappa shape index (κ3) is 2.99. The van der Waals surface area contributed by atoms with Gasteiger partial charge in [0.25, 0.3) is 0 Å². The van der Waals surface area contributed by atoms with Crippen LogP contribution in [0.5, 0.6) is 0 Å². The van der Waals surface area contributed by atoms with E-state index < -0.39 is 24.4 Å². The van der Waals surface area contributed by atoms with E-state index in [1.54, 1.807) is 30.3 Å². The van der Waals surface area contributed by atoms with Crippen LogP contribution in [-0.4, -0.2) is 46.5 Å². The number of carbonyl (C=O) groups is 4. The van der Waals surface area contributed by atoms with Gasteiger partial charge in [0.15, 0.2) is 5.78 Å². The molecule has 1 aliphatic heterocycles. The molecule has 0 unspecified atom stereocenters. The van der Waals surface area contributed by atoms with Crippen molar-refractivity contribution in [1.29, 1.82) is 0 Å². The van der Waals surface area contributed by atoms with E-state index in [0.29, 0.717) is 10.5 Å². The Bertz CT molecular complexity index is 595. The van der Waals surface area contributed by atoms with Gasteiger partial charge in [0, 0.05) is 12.1 Å². The van der Waals surface area contributed by atoms with Crippen molar-refractivity contribution in [2.45, 2.75) is 13.8 Å². The molecule has 4 amide bonds. The Morgan fingerprint density at radius 3 is 2.14 bits per heavy atom. The van der Waals surface area contributed by atoms with Crippen LogP contribution in [0.25, 0.3) is 0 Å². The van der Waals surface area contributed by atoms with Gasteiger partial charge in [-0.3, -0.25) is 19.3 Å². The van der Waals surface area contributed by atoms with Crippen molar-refractivity contribution in [1.82, 2.24) is 9.80 Å². The lowest BCUT2D eigenvalue weighted by Crippen LogP contribution is -2.38. The summed E-state index contributed by atoms with van der Waals surface area (Å²) < 4.78 is 0. The van der Waals surface area contributed by atoms with Gasteiger partial charge in [-0.2, -0.15) is 0 Å². The van der Waals surface area contributed by atoms with E-state index in [0.717, 1.165) is 4.90 Å². The third-order valence-corrected chi connectivity index (χ3v) is 3.08. The maximum absolute atomic E-state index is 12.1. The first-order valence-corrected chi connectivity index (χ1v) is 6.67. The second-order valence-corrected chi connectivity index (χ2v) is 5.27. The van der Waals surface area contributed by atoms with Crippen LogP contribution in [-0.2, 0) is 9.59 Å². The van der Waals surface area contributed by atoms with E-state index in [-0.39, 0.29) is 18.2 Å². The van der Waals surface area contributed by atoms with Gasteiger partial charge in [-0.15, -0.1) is 0 Å². The molecule has 0 spiro atoms. The Balaban J connectivity index is 2.14. The summed E-state index contributed by atoms with van der Waals surface area (Å²) in [6.07, 6.45) is 0. The largest absolute Gasteiger partial charge is 0.334 e. The lowest BCUT2D eigenvalue weighted by Gasteiger charge is -2.16. The number of hydrogen-bond acceptors (Lipinski definition) is 4. The average Bonchev–Trinajstić information content (AvgIpc) is 2.65. The standard InChI is InChI=1S/C15H16N2O4/c1-10(2)8-16-13(19)14(20)17(15(16)21)9-12(18)11-6-4-3-5-7-11/h3-7,10H,8-9H2,1-2H3. The number of ketones is 1. The summed E-state index contributed by atoms with van der Waals surface area (Å²) in [5.41, 5.74) is 0.396. The molecule has 0 N–H and O–H groups in total. The van der Waals surface area contributed by atoms with E-state index in [1.165, 1.54) is 0 Å². The maximum atomic E-state index is 12.1. The smallest absolute Gasteiger partial charge is 0.292 e. The first-order valence-electron chi connectivity index (χ1n) is 6.67. The molecule has 0 radical (unpaired) electrons. The van der Waals surface area contributed by atoms with Crippen molar-refractivity contribution in [3.8, 4) is 0 Å². The third-order valence-electron chi connectivity index (χ3n) is 3.08. The van der Waals surface area contributed by atoms with Crippen LogP contribution in [0.15, 0.2) is 30.3 Å². The van der Waals surface area contributed by atoms with Gasteiger partial charge in [-0.1, -0.05) is 44.2 Å². The summed E-state index contributed by atoms with van der Waals surface area (Å²) in [5.74, 6) is -2.13. The molecule has 0 aliphatic carbocycles. The fraction of sp³-hybridized carbons (Fsp3) is 0.333. The van der Waals surface area contributed by atoms with Crippen LogP contribution >= 0.6 is 0 Å². The van der Waals surface area contributed by atoms with Gasteiger partial charge in [0.2, 0.25) is 0 Å². The molecule has 6 heteroatoms. The SMILES string of the molecule is CC(C)CN1C(=O)C(=O)N(CC(=O)c2ccccc2)C1=O. The van der Waals surface area contributed by atoms with Crippen LogP contribution in [0.3, 0.4) is 0 Å². The molecule has 0 bridgehead atoms. The second kappa shape index (κ2) is 5.87. The monoisotopic (exact) mass is 288 g/mol. The summed E-state index contributed by atoms with van der Waals surface area (Å²) in [4.78, 5) is 49.4. The number of nitrogens with zero attached hydrogens (tertiary/aromatic N) is 2. The van der Waals surface area contributed by atoms with Crippen molar-refractivity contribution in [3.05, 3.63) is 35.9 Å². The quantitative estimate of drug-likeness (QED) is 0.465. The van der Waals surface area contributed by atoms with Crippen molar-refractivity contribution in [3.63, 3.8) is 0 Å². The lowest BCUT2D eigenvalue weighted by atomic mass is 10.1. The Labute approximate surface area is 122 Å². The first-order chi connectivity index (χ1) is 9.91. The van der Waals surface area contributed by atoms with Crippen LogP contribution in [0, 0.1) is 5.92 Å². The fourth-order valence-corrected chi connectivity index (χ4v) is 2.07. The fourth-order valence-electron chi connectivity index (χ4n) is 2.07. The number of urea groups is 1. The Kier molecular flexibility index (Phi) is 4.16. The van der Waals surface area contributed by atoms with E-state index in [4.69, 9.17) is 0 Å². The minimum absolute atomic E-state index is 0.0514.